The summed E-state index contributed by atoms with van der Waals surface area (Å²) in [5, 5.41) is 0.714. The highest BCUT2D eigenvalue weighted by molar-refractivity contribution is 6.30. The summed E-state index contributed by atoms with van der Waals surface area (Å²) < 4.78 is 40.2. The van der Waals surface area contributed by atoms with E-state index < -0.39 is 10.2 Å². The van der Waals surface area contributed by atoms with E-state index in [1.54, 1.807) is 0 Å². The number of halogens is 2. The minimum Gasteiger partial charge on any atom is -0.222 e. The van der Waals surface area contributed by atoms with Crippen molar-refractivity contribution in [2.24, 2.45) is 0 Å². The molecule has 152 valence electrons. The van der Waals surface area contributed by atoms with Gasteiger partial charge in [-0.25, -0.2) is 23.1 Å². The molecule has 7 heteroatoms. The lowest BCUT2D eigenvalue weighted by Crippen LogP contribution is -2.68. The van der Waals surface area contributed by atoms with E-state index in [1.165, 1.54) is 0 Å². The van der Waals surface area contributed by atoms with Gasteiger partial charge in [-0.2, -0.15) is 0 Å². The molecule has 0 aliphatic carbocycles. The summed E-state index contributed by atoms with van der Waals surface area (Å²) in [7, 11) is -4.94. The van der Waals surface area contributed by atoms with Crippen molar-refractivity contribution >= 4 is 11.6 Å². The Morgan fingerprint density at radius 2 is 0.933 bits per heavy atom. The van der Waals surface area contributed by atoms with Crippen molar-refractivity contribution in [2.75, 3.05) is 0 Å². The van der Waals surface area contributed by atoms with E-state index in [2.05, 4.69) is 36.4 Å². The summed E-state index contributed by atoms with van der Waals surface area (Å²) >= 11 is 6.02. The summed E-state index contributed by atoms with van der Waals surface area (Å²) in [5.74, 6) is 1.66. The van der Waals surface area contributed by atoms with Gasteiger partial charge in [0.15, 0.2) is 0 Å². The van der Waals surface area contributed by atoms with Crippen LogP contribution in [0.15, 0.2) is 101 Å². The van der Waals surface area contributed by atoms with E-state index in [1.807, 2.05) is 60.7 Å². The third kappa shape index (κ3) is 6.64. The summed E-state index contributed by atoms with van der Waals surface area (Å²) in [6.07, 6.45) is 0. The first-order chi connectivity index (χ1) is 14.3. The molecule has 0 aliphatic heterocycles. The zero-order valence-electron chi connectivity index (χ0n) is 15.5. The predicted molar refractivity (Wildman–Crippen MR) is 104 cm³/mol. The lowest BCUT2D eigenvalue weighted by molar-refractivity contribution is -2.00. The topological polar surface area (TPSA) is 104 Å². The number of rotatable bonds is 3. The molecule has 0 amide bonds. The average Bonchev–Trinajstić information content (AvgIpc) is 2.74. The molecule has 0 aliphatic rings. The maximum atomic E-state index is 8.49. The van der Waals surface area contributed by atoms with Gasteiger partial charge in [-0.3, -0.25) is 0 Å². The van der Waals surface area contributed by atoms with Crippen molar-refractivity contribution in [1.82, 2.24) is 0 Å². The zero-order valence-corrected chi connectivity index (χ0v) is 17.0. The Balaban J connectivity index is 0.000000461. The average molecular weight is 443 g/mol. The summed E-state index contributed by atoms with van der Waals surface area (Å²) in [6.45, 7) is 0. The van der Waals surface area contributed by atoms with Crippen molar-refractivity contribution in [1.29, 1.82) is 0 Å². The van der Waals surface area contributed by atoms with Gasteiger partial charge in [0.1, 0.15) is 0 Å². The lowest BCUT2D eigenvalue weighted by atomic mass is 10.0. The quantitative estimate of drug-likeness (QED) is 0.453. The van der Waals surface area contributed by atoms with Crippen LogP contribution in [0.5, 0.6) is 0 Å². The maximum Gasteiger partial charge on any atom is 0.361 e. The van der Waals surface area contributed by atoms with Crippen molar-refractivity contribution in [3.63, 3.8) is 0 Å². The molecule has 4 aromatic rings. The minimum atomic E-state index is -4.94. The molecule has 0 saturated heterocycles. The molecule has 1 heterocycles. The standard InChI is InChI=1S/C23H16ClO.ClHO4/c24-21-13-11-19(12-14-21)23-16-20(17-7-3-1-4-8-17)15-22(25-23)18-9-5-2-6-10-18;2-1(3,4)5/h1-16H;(H,2,3,4,5)/q+1;/p-1. The first kappa shape index (κ1) is 21.9. The van der Waals surface area contributed by atoms with Crippen LogP contribution >= 0.6 is 11.6 Å². The van der Waals surface area contributed by atoms with Gasteiger partial charge < -0.3 is 0 Å². The Morgan fingerprint density at radius 3 is 1.40 bits per heavy atom. The van der Waals surface area contributed by atoms with Crippen molar-refractivity contribution in [3.05, 3.63) is 102 Å². The van der Waals surface area contributed by atoms with Gasteiger partial charge in [0.25, 0.3) is 0 Å². The minimum absolute atomic E-state index is 0.714. The zero-order chi connectivity index (χ0) is 21.6. The molecule has 3 aromatic carbocycles. The highest BCUT2D eigenvalue weighted by Gasteiger charge is 2.20. The van der Waals surface area contributed by atoms with Gasteiger partial charge in [0.2, 0.25) is 0 Å². The maximum absolute atomic E-state index is 8.49. The fourth-order valence-corrected chi connectivity index (χ4v) is 2.93. The van der Waals surface area contributed by atoms with Crippen molar-refractivity contribution < 1.29 is 33.3 Å². The molecule has 0 bridgehead atoms. The van der Waals surface area contributed by atoms with Gasteiger partial charge in [-0.15, -0.1) is 10.2 Å². The monoisotopic (exact) mass is 442 g/mol. The molecule has 0 atom stereocenters. The third-order valence-corrected chi connectivity index (χ3v) is 4.34. The highest BCUT2D eigenvalue weighted by atomic mass is 35.7. The van der Waals surface area contributed by atoms with E-state index in [0.29, 0.717) is 5.02 Å². The molecule has 0 N–H and O–H groups in total. The van der Waals surface area contributed by atoms with Crippen LogP contribution in [-0.2, 0) is 0 Å². The molecule has 0 unspecified atom stereocenters. The SMILES string of the molecule is Clc1ccc(-c2cc(-c3ccccc3)cc(-c3ccccc3)[o+]2)cc1.[O-][Cl+3]([O-])([O-])[O-]. The molecule has 0 fully saturated rings. The van der Waals surface area contributed by atoms with E-state index in [-0.39, 0.29) is 0 Å². The van der Waals surface area contributed by atoms with Crippen LogP contribution in [0.1, 0.15) is 0 Å². The van der Waals surface area contributed by atoms with E-state index in [9.17, 15) is 0 Å². The molecule has 0 radical (unpaired) electrons. The van der Waals surface area contributed by atoms with E-state index >= 15 is 0 Å². The number of hydrogen-bond donors (Lipinski definition) is 0. The molecule has 0 saturated carbocycles. The van der Waals surface area contributed by atoms with Crippen molar-refractivity contribution in [3.8, 4) is 33.8 Å². The fourth-order valence-electron chi connectivity index (χ4n) is 2.80. The Labute approximate surface area is 180 Å². The first-order valence-corrected chi connectivity index (χ1v) is 10.4. The van der Waals surface area contributed by atoms with Gasteiger partial charge in [0.05, 0.1) is 23.3 Å². The second-order valence-corrected chi connectivity index (χ2v) is 7.38. The van der Waals surface area contributed by atoms with Gasteiger partial charge in [0, 0.05) is 10.6 Å². The van der Waals surface area contributed by atoms with Crippen LogP contribution in [0.2, 0.25) is 5.02 Å². The molecule has 1 aromatic heterocycles. The molecule has 4 rings (SSSR count). The smallest absolute Gasteiger partial charge is 0.222 e. The first-order valence-electron chi connectivity index (χ1n) is 8.76. The highest BCUT2D eigenvalue weighted by Crippen LogP contribution is 2.33. The molecular formula is C23H16Cl2O5. The van der Waals surface area contributed by atoms with Gasteiger partial charge in [-0.05, 0) is 42.0 Å². The van der Waals surface area contributed by atoms with Crippen LogP contribution < -0.4 is 18.6 Å². The van der Waals surface area contributed by atoms with Crippen LogP contribution in [0.3, 0.4) is 0 Å². The van der Waals surface area contributed by atoms with Crippen LogP contribution in [0.25, 0.3) is 33.8 Å². The second kappa shape index (κ2) is 9.82. The summed E-state index contributed by atoms with van der Waals surface area (Å²) in [5.41, 5.74) is 4.33. The van der Waals surface area contributed by atoms with Crippen LogP contribution in [-0.4, -0.2) is 0 Å². The number of hydrogen-bond acceptors (Lipinski definition) is 4. The van der Waals surface area contributed by atoms with Crippen LogP contribution in [0, 0.1) is 10.2 Å². The Kier molecular flexibility index (Phi) is 7.18. The van der Waals surface area contributed by atoms with Crippen LogP contribution in [0.4, 0.5) is 0 Å². The number of benzene rings is 3. The van der Waals surface area contributed by atoms with E-state index in [4.69, 9.17) is 34.7 Å². The molecule has 0 spiro atoms. The van der Waals surface area contributed by atoms with Crippen molar-refractivity contribution in [2.45, 2.75) is 0 Å². The predicted octanol–water partition coefficient (Wildman–Crippen LogP) is 2.46. The van der Waals surface area contributed by atoms with E-state index in [0.717, 1.165) is 33.8 Å². The summed E-state index contributed by atoms with van der Waals surface area (Å²) in [4.78, 5) is 0. The normalized spacial score (nSPS) is 10.8. The van der Waals surface area contributed by atoms with Gasteiger partial charge in [-0.1, -0.05) is 60.1 Å². The Morgan fingerprint density at radius 1 is 0.533 bits per heavy atom. The Bertz CT molecular complexity index is 1020. The molecule has 5 nitrogen and oxygen atoms in total. The molecular weight excluding hydrogens is 427 g/mol. The summed E-state index contributed by atoms with van der Waals surface area (Å²) in [6, 6.07) is 32.3. The fraction of sp³-hybridized carbons (Fsp3) is 0. The lowest BCUT2D eigenvalue weighted by Gasteiger charge is -2.17. The van der Waals surface area contributed by atoms with Gasteiger partial charge >= 0.3 is 11.5 Å². The largest absolute Gasteiger partial charge is 0.361 e. The third-order valence-electron chi connectivity index (χ3n) is 4.09. The Hall–Kier alpha value is -2.77. The second-order valence-electron chi connectivity index (χ2n) is 6.19. The molecule has 30 heavy (non-hydrogen) atoms.